The number of halogens is 1. The lowest BCUT2D eigenvalue weighted by Crippen LogP contribution is -2.09. The minimum absolute atomic E-state index is 0.120. The average molecular weight is 387 g/mol. The molecule has 1 aromatic carbocycles. The van der Waals surface area contributed by atoms with Gasteiger partial charge in [-0.15, -0.1) is 10.2 Å². The van der Waals surface area contributed by atoms with Crippen molar-refractivity contribution in [2.75, 3.05) is 0 Å². The van der Waals surface area contributed by atoms with Crippen molar-refractivity contribution in [3.05, 3.63) is 62.9 Å². The van der Waals surface area contributed by atoms with E-state index in [2.05, 4.69) is 16.3 Å². The van der Waals surface area contributed by atoms with Crippen LogP contribution in [0.3, 0.4) is 0 Å². The van der Waals surface area contributed by atoms with Crippen molar-refractivity contribution in [2.45, 2.75) is 25.7 Å². The van der Waals surface area contributed by atoms with E-state index in [-0.39, 0.29) is 16.8 Å². The van der Waals surface area contributed by atoms with Gasteiger partial charge < -0.3 is 9.47 Å². The lowest BCUT2D eigenvalue weighted by Gasteiger charge is -2.14. The van der Waals surface area contributed by atoms with Crippen LogP contribution >= 0.6 is 22.9 Å². The largest absolute Gasteiger partial charge is 0.434 e. The molecule has 0 atom stereocenters. The minimum atomic E-state index is -0.493. The van der Waals surface area contributed by atoms with Crippen molar-refractivity contribution in [2.24, 2.45) is 0 Å². The van der Waals surface area contributed by atoms with E-state index in [0.29, 0.717) is 11.5 Å². The molecule has 0 saturated heterocycles. The van der Waals surface area contributed by atoms with Crippen LogP contribution in [0.25, 0.3) is 0 Å². The number of thiophene rings is 1. The lowest BCUT2D eigenvalue weighted by atomic mass is 10.1. The van der Waals surface area contributed by atoms with Crippen LogP contribution in [0.5, 0.6) is 17.4 Å². The fourth-order valence-corrected chi connectivity index (χ4v) is 3.41. The Kier molecular flexibility index (Phi) is 4.61. The molecule has 1 fully saturated rings. The Labute approximate surface area is 159 Å². The zero-order valence-electron chi connectivity index (χ0n) is 13.9. The highest BCUT2D eigenvalue weighted by molar-refractivity contribution is 7.08. The Morgan fingerprint density at radius 2 is 2.12 bits per heavy atom. The molecule has 2 heterocycles. The van der Waals surface area contributed by atoms with Gasteiger partial charge in [0.1, 0.15) is 5.75 Å². The molecule has 0 radical (unpaired) electrons. The molecule has 26 heavy (non-hydrogen) atoms. The van der Waals surface area contributed by atoms with E-state index in [4.69, 9.17) is 21.1 Å². The minimum Gasteiger partial charge on any atom is -0.434 e. The number of esters is 1. The SMILES string of the molecule is Cc1cccc(C2CC2)c1Oc1nnc(Cl)cc1OC(=O)c1ccsc1. The maximum atomic E-state index is 12.3. The number of aryl methyl sites for hydroxylation is 1. The third kappa shape index (κ3) is 3.57. The monoisotopic (exact) mass is 386 g/mol. The second-order valence-corrected chi connectivity index (χ2v) is 7.27. The summed E-state index contributed by atoms with van der Waals surface area (Å²) in [6.45, 7) is 1.97. The van der Waals surface area contributed by atoms with Crippen LogP contribution in [0.2, 0.25) is 5.15 Å². The predicted octanol–water partition coefficient (Wildman–Crippen LogP) is 5.39. The summed E-state index contributed by atoms with van der Waals surface area (Å²) in [6, 6.07) is 9.17. The van der Waals surface area contributed by atoms with Gasteiger partial charge in [-0.3, -0.25) is 0 Å². The number of rotatable bonds is 5. The van der Waals surface area contributed by atoms with E-state index < -0.39 is 5.97 Å². The van der Waals surface area contributed by atoms with Crippen LogP contribution in [0, 0.1) is 6.92 Å². The van der Waals surface area contributed by atoms with Gasteiger partial charge in [0, 0.05) is 11.4 Å². The Morgan fingerprint density at radius 3 is 2.85 bits per heavy atom. The molecule has 0 bridgehead atoms. The van der Waals surface area contributed by atoms with Crippen LogP contribution in [0.15, 0.2) is 41.1 Å². The lowest BCUT2D eigenvalue weighted by molar-refractivity contribution is 0.0729. The molecule has 132 valence electrons. The maximum absolute atomic E-state index is 12.3. The molecule has 0 amide bonds. The van der Waals surface area contributed by atoms with E-state index in [1.54, 1.807) is 16.8 Å². The molecule has 5 nitrogen and oxygen atoms in total. The molecule has 1 aliphatic carbocycles. The molecule has 0 unspecified atom stereocenters. The first-order valence-electron chi connectivity index (χ1n) is 8.17. The van der Waals surface area contributed by atoms with E-state index in [1.165, 1.54) is 17.4 Å². The van der Waals surface area contributed by atoms with E-state index in [1.807, 2.05) is 19.1 Å². The summed E-state index contributed by atoms with van der Waals surface area (Å²) in [5.74, 6) is 1.01. The number of nitrogens with zero attached hydrogens (tertiary/aromatic N) is 2. The van der Waals surface area contributed by atoms with Crippen molar-refractivity contribution in [1.29, 1.82) is 0 Å². The van der Waals surface area contributed by atoms with E-state index in [9.17, 15) is 4.79 Å². The smallest absolute Gasteiger partial charge is 0.344 e. The highest BCUT2D eigenvalue weighted by atomic mass is 35.5. The summed E-state index contributed by atoms with van der Waals surface area (Å²) in [4.78, 5) is 12.3. The van der Waals surface area contributed by atoms with Gasteiger partial charge in [0.15, 0.2) is 10.9 Å². The topological polar surface area (TPSA) is 61.3 Å². The van der Waals surface area contributed by atoms with Gasteiger partial charge in [-0.1, -0.05) is 29.8 Å². The fourth-order valence-electron chi connectivity index (χ4n) is 2.65. The summed E-state index contributed by atoms with van der Waals surface area (Å²) >= 11 is 7.35. The van der Waals surface area contributed by atoms with Gasteiger partial charge in [0.05, 0.1) is 5.56 Å². The fraction of sp³-hybridized carbons (Fsp3) is 0.211. The molecule has 0 spiro atoms. The number of benzene rings is 1. The summed E-state index contributed by atoms with van der Waals surface area (Å²) in [5, 5.41) is 11.5. The quantitative estimate of drug-likeness (QED) is 0.550. The Bertz CT molecular complexity index is 955. The maximum Gasteiger partial charge on any atom is 0.344 e. The molecule has 2 aromatic heterocycles. The average Bonchev–Trinajstić information content (AvgIpc) is 3.31. The first-order chi connectivity index (χ1) is 12.6. The summed E-state index contributed by atoms with van der Waals surface area (Å²) in [5.41, 5.74) is 2.58. The molecule has 0 N–H and O–H groups in total. The highest BCUT2D eigenvalue weighted by Gasteiger charge is 2.28. The third-order valence-corrected chi connectivity index (χ3v) is 4.98. The van der Waals surface area contributed by atoms with Crippen molar-refractivity contribution in [3.8, 4) is 17.4 Å². The van der Waals surface area contributed by atoms with Crippen molar-refractivity contribution < 1.29 is 14.3 Å². The predicted molar refractivity (Wildman–Crippen MR) is 99.5 cm³/mol. The van der Waals surface area contributed by atoms with Gasteiger partial charge in [-0.25, -0.2) is 4.79 Å². The highest BCUT2D eigenvalue weighted by Crippen LogP contribution is 2.46. The zero-order valence-corrected chi connectivity index (χ0v) is 15.5. The first-order valence-corrected chi connectivity index (χ1v) is 9.49. The number of carbonyl (C=O) groups excluding carboxylic acids is 1. The van der Waals surface area contributed by atoms with Crippen LogP contribution in [-0.4, -0.2) is 16.2 Å². The molecule has 0 aliphatic heterocycles. The van der Waals surface area contributed by atoms with Crippen molar-refractivity contribution in [1.82, 2.24) is 10.2 Å². The van der Waals surface area contributed by atoms with E-state index >= 15 is 0 Å². The second kappa shape index (κ2) is 7.05. The second-order valence-electron chi connectivity index (χ2n) is 6.11. The summed E-state index contributed by atoms with van der Waals surface area (Å²) in [6.07, 6.45) is 2.29. The third-order valence-electron chi connectivity index (χ3n) is 4.12. The molecule has 1 aliphatic rings. The Morgan fingerprint density at radius 1 is 1.27 bits per heavy atom. The van der Waals surface area contributed by atoms with Gasteiger partial charge in [-0.05, 0) is 48.3 Å². The van der Waals surface area contributed by atoms with Gasteiger partial charge >= 0.3 is 5.97 Å². The standard InChI is InChI=1S/C19H15ClN2O3S/c1-11-3-2-4-14(12-5-6-12)17(11)25-18-15(9-16(20)21-22-18)24-19(23)13-7-8-26-10-13/h2-4,7-10,12H,5-6H2,1H3. The molecule has 1 saturated carbocycles. The van der Waals surface area contributed by atoms with E-state index in [0.717, 1.165) is 29.7 Å². The van der Waals surface area contributed by atoms with Crippen molar-refractivity contribution in [3.63, 3.8) is 0 Å². The molecular weight excluding hydrogens is 372 g/mol. The number of carbonyl (C=O) groups is 1. The zero-order chi connectivity index (χ0) is 18.1. The van der Waals surface area contributed by atoms with Gasteiger partial charge in [-0.2, -0.15) is 11.3 Å². The van der Waals surface area contributed by atoms with Crippen LogP contribution < -0.4 is 9.47 Å². The number of ether oxygens (including phenoxy) is 2. The van der Waals surface area contributed by atoms with Crippen LogP contribution in [0.4, 0.5) is 0 Å². The number of hydrogen-bond donors (Lipinski definition) is 0. The number of hydrogen-bond acceptors (Lipinski definition) is 6. The number of aromatic nitrogens is 2. The van der Waals surface area contributed by atoms with Gasteiger partial charge in [0.2, 0.25) is 0 Å². The van der Waals surface area contributed by atoms with Crippen LogP contribution in [-0.2, 0) is 0 Å². The Hall–Kier alpha value is -2.44. The summed E-state index contributed by atoms with van der Waals surface area (Å²) in [7, 11) is 0. The number of para-hydroxylation sites is 1. The molecule has 3 aromatic rings. The Balaban J connectivity index is 1.66. The molecule has 4 rings (SSSR count). The molecule has 7 heteroatoms. The first kappa shape index (κ1) is 17.0. The molecular formula is C19H15ClN2O3S. The van der Waals surface area contributed by atoms with Gasteiger partial charge in [0.25, 0.3) is 5.88 Å². The van der Waals surface area contributed by atoms with Crippen LogP contribution in [0.1, 0.15) is 40.2 Å². The summed E-state index contributed by atoms with van der Waals surface area (Å²) < 4.78 is 11.5. The normalized spacial score (nSPS) is 13.5. The van der Waals surface area contributed by atoms with Crippen molar-refractivity contribution >= 4 is 28.9 Å².